The van der Waals surface area contributed by atoms with Crippen molar-refractivity contribution in [1.29, 1.82) is 0 Å². The van der Waals surface area contributed by atoms with E-state index in [4.69, 9.17) is 33.2 Å². The van der Waals surface area contributed by atoms with Gasteiger partial charge in [-0.1, -0.05) is 91.0 Å². The zero-order valence-corrected chi connectivity index (χ0v) is 34.9. The van der Waals surface area contributed by atoms with Crippen LogP contribution in [0.15, 0.2) is 91.0 Å². The number of nitrogens with zero attached hydrogens (tertiary/aromatic N) is 1. The number of hydrogen-bond donors (Lipinski definition) is 10. The van der Waals surface area contributed by atoms with Gasteiger partial charge in [-0.2, -0.15) is 0 Å². The number of aliphatic hydroxyl groups is 8. The van der Waals surface area contributed by atoms with Gasteiger partial charge < -0.3 is 89.5 Å². The standard InChI is InChI=1S/C43H55N3O18/c1-23-43(57,22-48)37(64-38-30(34(52)31(49)27(18-47)62-38)46(2)42(56)60-21-26-16-10-5-11-17-26)39(61-23)63-36-29(45-41(55)59-20-25-14-8-4-9-15-25)32(50)28(33(51)35(36)53)44-40(54)58-19-24-12-6-3-7-13-24/h3-17,23,27-39,47-53,57H,18-22H2,1-2H3,(H,44,54)(H,45,55)/t23-,27-,28-,29+,30-,31-,32-,33+,34-,35-,36-,37-,38+,39-,43+/m0/s1. The van der Waals surface area contributed by atoms with E-state index in [0.717, 1.165) is 4.90 Å². The molecule has 2 saturated heterocycles. The monoisotopic (exact) mass is 901 g/mol. The molecule has 2 heterocycles. The molecule has 0 aromatic heterocycles. The highest BCUT2D eigenvalue weighted by Crippen LogP contribution is 2.39. The first-order chi connectivity index (χ1) is 30.7. The van der Waals surface area contributed by atoms with Gasteiger partial charge in [0.05, 0.1) is 37.5 Å². The van der Waals surface area contributed by atoms with Crippen molar-refractivity contribution in [3.8, 4) is 0 Å². The van der Waals surface area contributed by atoms with Gasteiger partial charge in [0.25, 0.3) is 0 Å². The van der Waals surface area contributed by atoms with E-state index in [-0.39, 0.29) is 19.8 Å². The topological polar surface area (TPSA) is 305 Å². The number of rotatable bonds is 15. The molecule has 3 fully saturated rings. The highest BCUT2D eigenvalue weighted by atomic mass is 16.8. The van der Waals surface area contributed by atoms with Gasteiger partial charge in [-0.25, -0.2) is 14.4 Å². The fourth-order valence-corrected chi connectivity index (χ4v) is 7.74. The minimum atomic E-state index is -2.39. The second-order valence-electron chi connectivity index (χ2n) is 15.7. The molecule has 21 nitrogen and oxygen atoms in total. The number of hydrogen-bond acceptors (Lipinski definition) is 18. The first-order valence-electron chi connectivity index (χ1n) is 20.5. The van der Waals surface area contributed by atoms with Crippen molar-refractivity contribution in [3.63, 3.8) is 0 Å². The number of nitrogens with one attached hydrogen (secondary N) is 2. The van der Waals surface area contributed by atoms with Gasteiger partial charge in [-0.05, 0) is 23.6 Å². The van der Waals surface area contributed by atoms with Crippen LogP contribution in [0, 0.1) is 0 Å². The van der Waals surface area contributed by atoms with Crippen LogP contribution in [0.5, 0.6) is 0 Å². The number of carbonyl (C=O) groups is 3. The number of aliphatic hydroxyl groups excluding tert-OH is 7. The Morgan fingerprint density at radius 3 is 1.64 bits per heavy atom. The first kappa shape index (κ1) is 48.4. The van der Waals surface area contributed by atoms with Gasteiger partial charge >= 0.3 is 18.3 Å². The van der Waals surface area contributed by atoms with E-state index in [1.165, 1.54) is 14.0 Å². The molecule has 350 valence electrons. The maximum Gasteiger partial charge on any atom is 0.410 e. The lowest BCUT2D eigenvalue weighted by molar-refractivity contribution is -0.325. The molecule has 6 rings (SSSR count). The van der Waals surface area contributed by atoms with E-state index < -0.39 is 123 Å². The third kappa shape index (κ3) is 11.1. The second-order valence-corrected chi connectivity index (χ2v) is 15.7. The van der Waals surface area contributed by atoms with Crippen LogP contribution < -0.4 is 10.6 Å². The second kappa shape index (κ2) is 21.8. The summed E-state index contributed by atoms with van der Waals surface area (Å²) in [5.74, 6) is 0. The summed E-state index contributed by atoms with van der Waals surface area (Å²) in [5, 5.41) is 94.2. The molecule has 0 bridgehead atoms. The first-order valence-corrected chi connectivity index (χ1v) is 20.5. The van der Waals surface area contributed by atoms with Crippen molar-refractivity contribution in [2.45, 2.75) is 118 Å². The Bertz CT molecular complexity index is 1960. The molecule has 0 unspecified atom stereocenters. The molecular formula is C43H55N3O18. The van der Waals surface area contributed by atoms with Crippen LogP contribution in [0.25, 0.3) is 0 Å². The third-order valence-electron chi connectivity index (χ3n) is 11.5. The van der Waals surface area contributed by atoms with Crippen LogP contribution in [0.1, 0.15) is 23.6 Å². The SMILES string of the molecule is C[C@@H]1O[C@@H](O[C@@H]2[C@@H](O)[C@H](O)[C@@H](NC(=O)OCc3ccccc3)[C@H](O)[C@H]2NC(=O)OCc2ccccc2)[C@H](O[C@H]2O[C@@H](CO)[C@H](O)[C@@H](O)[C@@H]2N(C)C(=O)OCc2ccccc2)[C@@]1(O)CO. The summed E-state index contributed by atoms with van der Waals surface area (Å²) < 4.78 is 40.2. The number of ether oxygens (including phenoxy) is 7. The molecule has 3 aromatic carbocycles. The van der Waals surface area contributed by atoms with Crippen molar-refractivity contribution < 1.29 is 88.4 Å². The summed E-state index contributed by atoms with van der Waals surface area (Å²) in [5.41, 5.74) is -0.534. The van der Waals surface area contributed by atoms with Crippen LogP contribution in [-0.2, 0) is 53.0 Å². The molecule has 0 spiro atoms. The minimum Gasteiger partial charge on any atom is -0.445 e. The summed E-state index contributed by atoms with van der Waals surface area (Å²) in [4.78, 5) is 40.5. The van der Waals surface area contributed by atoms with E-state index in [0.29, 0.717) is 16.7 Å². The van der Waals surface area contributed by atoms with Crippen LogP contribution in [-0.4, -0.2) is 176 Å². The Morgan fingerprint density at radius 1 is 0.641 bits per heavy atom. The maximum atomic E-state index is 13.4. The smallest absolute Gasteiger partial charge is 0.410 e. The molecule has 64 heavy (non-hydrogen) atoms. The average molecular weight is 902 g/mol. The van der Waals surface area contributed by atoms with Crippen molar-refractivity contribution >= 4 is 18.3 Å². The molecule has 1 aliphatic carbocycles. The predicted molar refractivity (Wildman–Crippen MR) is 217 cm³/mol. The molecule has 3 amide bonds. The Kier molecular flexibility index (Phi) is 16.5. The maximum absolute atomic E-state index is 13.4. The van der Waals surface area contributed by atoms with E-state index in [1.54, 1.807) is 91.0 Å². The number of benzene rings is 3. The molecule has 0 radical (unpaired) electrons. The number of amides is 3. The highest BCUT2D eigenvalue weighted by molar-refractivity contribution is 5.69. The quantitative estimate of drug-likeness (QED) is 0.0817. The Hall–Kier alpha value is -5.01. The van der Waals surface area contributed by atoms with Gasteiger partial charge in [-0.15, -0.1) is 0 Å². The molecule has 1 saturated carbocycles. The summed E-state index contributed by atoms with van der Waals surface area (Å²) in [6.45, 7) is -1.18. The Balaban J connectivity index is 1.26. The third-order valence-corrected chi connectivity index (χ3v) is 11.5. The molecule has 2 aliphatic heterocycles. The van der Waals surface area contributed by atoms with Gasteiger partial charge in [0.2, 0.25) is 0 Å². The summed E-state index contributed by atoms with van der Waals surface area (Å²) >= 11 is 0. The van der Waals surface area contributed by atoms with E-state index in [9.17, 15) is 55.2 Å². The van der Waals surface area contributed by atoms with Gasteiger partial charge in [0.1, 0.15) is 74.2 Å². The van der Waals surface area contributed by atoms with Gasteiger partial charge in [0.15, 0.2) is 12.6 Å². The molecule has 21 heteroatoms. The van der Waals surface area contributed by atoms with Crippen LogP contribution >= 0.6 is 0 Å². The largest absolute Gasteiger partial charge is 0.445 e. The molecule has 3 aliphatic rings. The van der Waals surface area contributed by atoms with E-state index >= 15 is 0 Å². The summed E-state index contributed by atoms with van der Waals surface area (Å²) in [6.07, 6.45) is -23.2. The molecule has 10 N–H and O–H groups in total. The van der Waals surface area contributed by atoms with Crippen molar-refractivity contribution in [2.75, 3.05) is 20.3 Å². The number of likely N-dealkylation sites (N-methyl/N-ethyl adjacent to an activating group) is 1. The van der Waals surface area contributed by atoms with Crippen molar-refractivity contribution in [3.05, 3.63) is 108 Å². The van der Waals surface area contributed by atoms with Crippen LogP contribution in [0.4, 0.5) is 14.4 Å². The lowest BCUT2D eigenvalue weighted by Gasteiger charge is -2.48. The average Bonchev–Trinajstić information content (AvgIpc) is 3.54. The zero-order valence-electron chi connectivity index (χ0n) is 34.9. The summed E-state index contributed by atoms with van der Waals surface area (Å²) in [6, 6.07) is 20.8. The van der Waals surface area contributed by atoms with Crippen LogP contribution in [0.3, 0.4) is 0 Å². The number of carbonyl (C=O) groups excluding carboxylic acids is 3. The van der Waals surface area contributed by atoms with E-state index in [2.05, 4.69) is 10.6 Å². The van der Waals surface area contributed by atoms with Crippen molar-refractivity contribution in [2.24, 2.45) is 0 Å². The minimum absolute atomic E-state index is 0.184. The normalized spacial score (nSPS) is 33.7. The molecular weight excluding hydrogens is 846 g/mol. The molecule has 15 atom stereocenters. The zero-order chi connectivity index (χ0) is 46.1. The number of alkyl carbamates (subject to hydrolysis) is 2. The highest BCUT2D eigenvalue weighted by Gasteiger charge is 2.61. The molecule has 3 aromatic rings. The fraction of sp³-hybridized carbons (Fsp3) is 0.512. The van der Waals surface area contributed by atoms with Crippen molar-refractivity contribution in [1.82, 2.24) is 15.5 Å². The van der Waals surface area contributed by atoms with Crippen LogP contribution in [0.2, 0.25) is 0 Å². The lowest BCUT2D eigenvalue weighted by atomic mass is 9.81. The van der Waals surface area contributed by atoms with E-state index in [1.807, 2.05) is 0 Å². The Morgan fingerprint density at radius 2 is 1.14 bits per heavy atom. The lowest BCUT2D eigenvalue weighted by Crippen LogP contribution is -2.73. The van der Waals surface area contributed by atoms with Gasteiger partial charge in [-0.3, -0.25) is 0 Å². The Labute approximate surface area is 367 Å². The predicted octanol–water partition coefficient (Wildman–Crippen LogP) is -1.01. The summed E-state index contributed by atoms with van der Waals surface area (Å²) in [7, 11) is 1.21. The fourth-order valence-electron chi connectivity index (χ4n) is 7.74. The van der Waals surface area contributed by atoms with Gasteiger partial charge in [0, 0.05) is 7.05 Å².